The number of fused-ring (bicyclic) bond motifs is 3. The van der Waals surface area contributed by atoms with Crippen LogP contribution in [0.2, 0.25) is 0 Å². The van der Waals surface area contributed by atoms with Crippen LogP contribution < -0.4 is 5.63 Å². The molecule has 1 aliphatic heterocycles. The highest BCUT2D eigenvalue weighted by molar-refractivity contribution is 6.07. The van der Waals surface area contributed by atoms with E-state index in [1.165, 1.54) is 0 Å². The largest absolute Gasteiger partial charge is 0.463 e. The molecule has 1 amide bonds. The minimum atomic E-state index is -0.437. The molecular weight excluding hydrogens is 356 g/mol. The molecule has 0 N–H and O–H groups in total. The van der Waals surface area contributed by atoms with Crippen molar-refractivity contribution in [2.45, 2.75) is 34.1 Å². The molecule has 148 valence electrons. The van der Waals surface area contributed by atoms with E-state index < -0.39 is 5.63 Å². The molecule has 0 radical (unpaired) electrons. The maximum absolute atomic E-state index is 12.8. The molecule has 0 atom stereocenters. The van der Waals surface area contributed by atoms with E-state index >= 15 is 0 Å². The van der Waals surface area contributed by atoms with Crippen molar-refractivity contribution in [2.24, 2.45) is 0 Å². The van der Waals surface area contributed by atoms with Crippen molar-refractivity contribution in [3.8, 4) is 0 Å². The van der Waals surface area contributed by atoms with Gasteiger partial charge in [-0.05, 0) is 50.1 Å². The summed E-state index contributed by atoms with van der Waals surface area (Å²) in [6, 6.07) is 1.88. The summed E-state index contributed by atoms with van der Waals surface area (Å²) in [4.78, 5) is 29.6. The van der Waals surface area contributed by atoms with Crippen LogP contribution in [0, 0.1) is 20.8 Å². The topological polar surface area (TPSA) is 66.9 Å². The van der Waals surface area contributed by atoms with E-state index in [9.17, 15) is 9.59 Å². The molecule has 0 saturated carbocycles. The Kier molecular flexibility index (Phi) is 4.75. The number of hydrogen-bond acceptors (Lipinski definition) is 5. The normalized spacial score (nSPS) is 15.6. The first kappa shape index (κ1) is 18.7. The van der Waals surface area contributed by atoms with Crippen LogP contribution in [-0.2, 0) is 11.2 Å². The van der Waals surface area contributed by atoms with Gasteiger partial charge in [-0.15, -0.1) is 0 Å². The maximum atomic E-state index is 12.8. The molecular formula is C22H26N2O4. The summed E-state index contributed by atoms with van der Waals surface area (Å²) >= 11 is 0. The van der Waals surface area contributed by atoms with Gasteiger partial charge in [-0.1, -0.05) is 6.92 Å². The summed E-state index contributed by atoms with van der Waals surface area (Å²) in [5.41, 5.74) is 4.04. The van der Waals surface area contributed by atoms with Crippen molar-refractivity contribution >= 4 is 27.8 Å². The second-order valence-corrected chi connectivity index (χ2v) is 7.67. The standard InChI is InChI=1S/C22H26N2O4/c1-5-23-6-8-24(9-7-23)18(25)11-16-15(4)20-17(28-22(16)26)10-13(2)19-14(3)12-27-21(19)20/h10,12H,5-9,11H2,1-4H3. The molecule has 0 unspecified atom stereocenters. The van der Waals surface area contributed by atoms with Gasteiger partial charge in [-0.2, -0.15) is 0 Å². The Hall–Kier alpha value is -2.60. The fourth-order valence-electron chi connectivity index (χ4n) is 4.25. The van der Waals surface area contributed by atoms with E-state index in [1.807, 2.05) is 31.7 Å². The fourth-order valence-corrected chi connectivity index (χ4v) is 4.25. The van der Waals surface area contributed by atoms with Crippen LogP contribution in [0.3, 0.4) is 0 Å². The lowest BCUT2D eigenvalue weighted by Crippen LogP contribution is -2.49. The summed E-state index contributed by atoms with van der Waals surface area (Å²) < 4.78 is 11.4. The first-order valence-electron chi connectivity index (χ1n) is 9.84. The number of carbonyl (C=O) groups excluding carboxylic acids is 1. The third-order valence-electron chi connectivity index (χ3n) is 5.97. The quantitative estimate of drug-likeness (QED) is 0.651. The highest BCUT2D eigenvalue weighted by Crippen LogP contribution is 2.34. The van der Waals surface area contributed by atoms with Crippen molar-refractivity contribution < 1.29 is 13.6 Å². The smallest absolute Gasteiger partial charge is 0.340 e. The monoisotopic (exact) mass is 382 g/mol. The first-order chi connectivity index (χ1) is 13.4. The van der Waals surface area contributed by atoms with E-state index in [1.54, 1.807) is 6.26 Å². The number of rotatable bonds is 3. The van der Waals surface area contributed by atoms with Crippen molar-refractivity contribution in [2.75, 3.05) is 32.7 Å². The molecule has 4 rings (SSSR count). The van der Waals surface area contributed by atoms with Crippen LogP contribution in [0.25, 0.3) is 21.9 Å². The highest BCUT2D eigenvalue weighted by atomic mass is 16.4. The number of benzene rings is 1. The average molecular weight is 382 g/mol. The SMILES string of the molecule is CCN1CCN(C(=O)Cc2c(C)c3c(cc(C)c4c(C)coc43)oc2=O)CC1. The minimum absolute atomic E-state index is 0.0236. The summed E-state index contributed by atoms with van der Waals surface area (Å²) in [6.45, 7) is 12.1. The lowest BCUT2D eigenvalue weighted by molar-refractivity contribution is -0.132. The second-order valence-electron chi connectivity index (χ2n) is 7.67. The molecule has 1 saturated heterocycles. The number of carbonyl (C=O) groups is 1. The summed E-state index contributed by atoms with van der Waals surface area (Å²) in [6.07, 6.45) is 1.78. The number of hydrogen-bond donors (Lipinski definition) is 0. The average Bonchev–Trinajstić information content (AvgIpc) is 3.07. The summed E-state index contributed by atoms with van der Waals surface area (Å²) in [7, 11) is 0. The number of amides is 1. The van der Waals surface area contributed by atoms with Gasteiger partial charge in [0.25, 0.3) is 0 Å². The Morgan fingerprint density at radius 2 is 1.79 bits per heavy atom. The van der Waals surface area contributed by atoms with Gasteiger partial charge in [-0.25, -0.2) is 4.79 Å². The van der Waals surface area contributed by atoms with Crippen molar-refractivity contribution in [1.82, 2.24) is 9.80 Å². The molecule has 28 heavy (non-hydrogen) atoms. The van der Waals surface area contributed by atoms with Gasteiger partial charge in [0.15, 0.2) is 0 Å². The van der Waals surface area contributed by atoms with Gasteiger partial charge in [0.1, 0.15) is 11.2 Å². The zero-order chi connectivity index (χ0) is 20.0. The molecule has 1 fully saturated rings. The molecule has 3 heterocycles. The van der Waals surface area contributed by atoms with Crippen LogP contribution in [-0.4, -0.2) is 48.4 Å². The molecule has 2 aromatic heterocycles. The molecule has 0 aliphatic carbocycles. The van der Waals surface area contributed by atoms with Gasteiger partial charge in [0, 0.05) is 31.6 Å². The summed E-state index contributed by atoms with van der Waals surface area (Å²) in [5, 5.41) is 1.82. The Morgan fingerprint density at radius 3 is 2.46 bits per heavy atom. The van der Waals surface area contributed by atoms with Gasteiger partial charge >= 0.3 is 5.63 Å². The molecule has 1 aromatic carbocycles. The van der Waals surface area contributed by atoms with Gasteiger partial charge in [0.05, 0.1) is 23.6 Å². The maximum Gasteiger partial charge on any atom is 0.340 e. The van der Waals surface area contributed by atoms with Crippen LogP contribution >= 0.6 is 0 Å². The molecule has 3 aromatic rings. The Balaban J connectivity index is 1.74. The molecule has 0 bridgehead atoms. The van der Waals surface area contributed by atoms with E-state index in [-0.39, 0.29) is 12.3 Å². The lowest BCUT2D eigenvalue weighted by Gasteiger charge is -2.34. The van der Waals surface area contributed by atoms with E-state index in [4.69, 9.17) is 8.83 Å². The zero-order valence-electron chi connectivity index (χ0n) is 16.9. The molecule has 6 nitrogen and oxygen atoms in total. The predicted molar refractivity (Wildman–Crippen MR) is 109 cm³/mol. The fraction of sp³-hybridized carbons (Fsp3) is 0.455. The number of furan rings is 1. The number of piperazine rings is 1. The summed E-state index contributed by atoms with van der Waals surface area (Å²) in [5.74, 6) is -0.0236. The molecule has 0 spiro atoms. The van der Waals surface area contributed by atoms with E-state index in [2.05, 4.69) is 11.8 Å². The van der Waals surface area contributed by atoms with Crippen LogP contribution in [0.1, 0.15) is 29.2 Å². The van der Waals surface area contributed by atoms with Crippen LogP contribution in [0.15, 0.2) is 26.0 Å². The van der Waals surface area contributed by atoms with Crippen molar-refractivity contribution in [1.29, 1.82) is 0 Å². The predicted octanol–water partition coefficient (Wildman–Crippen LogP) is 3.17. The number of nitrogens with zero attached hydrogens (tertiary/aromatic N) is 2. The lowest BCUT2D eigenvalue weighted by atomic mass is 9.98. The Labute approximate surface area is 163 Å². The molecule has 6 heteroatoms. The Bertz CT molecular complexity index is 1120. The van der Waals surface area contributed by atoms with Gasteiger partial charge < -0.3 is 18.6 Å². The van der Waals surface area contributed by atoms with E-state index in [0.717, 1.165) is 52.7 Å². The van der Waals surface area contributed by atoms with Crippen LogP contribution in [0.4, 0.5) is 0 Å². The zero-order valence-corrected chi connectivity index (χ0v) is 16.9. The van der Waals surface area contributed by atoms with Crippen molar-refractivity contribution in [3.63, 3.8) is 0 Å². The number of likely N-dealkylation sites (N-methyl/N-ethyl adjacent to an activating group) is 1. The Morgan fingerprint density at radius 1 is 1.07 bits per heavy atom. The third-order valence-corrected chi connectivity index (χ3v) is 5.97. The van der Waals surface area contributed by atoms with Crippen LogP contribution in [0.5, 0.6) is 0 Å². The number of aryl methyl sites for hydroxylation is 3. The van der Waals surface area contributed by atoms with Crippen molar-refractivity contribution in [3.05, 3.63) is 45.0 Å². The molecule has 1 aliphatic rings. The first-order valence-corrected chi connectivity index (χ1v) is 9.84. The van der Waals surface area contributed by atoms with Gasteiger partial charge in [0.2, 0.25) is 5.91 Å². The van der Waals surface area contributed by atoms with Gasteiger partial charge in [-0.3, -0.25) is 4.79 Å². The highest BCUT2D eigenvalue weighted by Gasteiger charge is 2.24. The minimum Gasteiger partial charge on any atom is -0.463 e. The second kappa shape index (κ2) is 7.09. The third kappa shape index (κ3) is 3.02. The van der Waals surface area contributed by atoms with E-state index in [0.29, 0.717) is 24.2 Å².